The average Bonchev–Trinajstić information content (AvgIpc) is 2.04. The fraction of sp³-hybridized carbons (Fsp3) is 0. The number of nitrogens with zero attached hydrogens (tertiary/aromatic N) is 2. The summed E-state index contributed by atoms with van der Waals surface area (Å²) in [5.41, 5.74) is 1.48. The summed E-state index contributed by atoms with van der Waals surface area (Å²) in [5, 5.41) is 8.41. The molecule has 0 saturated heterocycles. The lowest BCUT2D eigenvalue weighted by atomic mass is 10.3. The van der Waals surface area contributed by atoms with Crippen LogP contribution in [0.4, 0.5) is 10.2 Å². The van der Waals surface area contributed by atoms with E-state index in [2.05, 4.69) is 20.9 Å². The fourth-order valence-electron chi connectivity index (χ4n) is 0.600. The molecular weight excluding hydrogens is 213 g/mol. The van der Waals surface area contributed by atoms with Crippen LogP contribution in [0, 0.1) is 11.3 Å². The van der Waals surface area contributed by atoms with E-state index in [1.165, 1.54) is 17.8 Å². The maximum absolute atomic E-state index is 11.9. The Labute approximate surface area is 70.9 Å². The van der Waals surface area contributed by atoms with Gasteiger partial charge in [-0.05, 0) is 22.0 Å². The van der Waals surface area contributed by atoms with Crippen molar-refractivity contribution in [1.29, 1.82) is 5.26 Å². The van der Waals surface area contributed by atoms with Gasteiger partial charge in [0.2, 0.25) is 0 Å². The summed E-state index contributed by atoms with van der Waals surface area (Å²) in [7, 11) is 0. The average molecular weight is 216 g/mol. The van der Waals surface area contributed by atoms with Crippen LogP contribution >= 0.6 is 15.9 Å². The molecule has 56 valence electrons. The minimum Gasteiger partial charge on any atom is -0.242 e. The van der Waals surface area contributed by atoms with Gasteiger partial charge in [-0.15, -0.1) is 4.48 Å². The number of hydrogen-bond acceptors (Lipinski definition) is 3. The molecule has 0 amide bonds. The lowest BCUT2D eigenvalue weighted by molar-refractivity contribution is 0.616. The van der Waals surface area contributed by atoms with Gasteiger partial charge in [-0.3, -0.25) is 0 Å². The van der Waals surface area contributed by atoms with Gasteiger partial charge in [0.15, 0.2) is 5.69 Å². The molecule has 0 aliphatic carbocycles. The highest BCUT2D eigenvalue weighted by atomic mass is 79.9. The van der Waals surface area contributed by atoms with Crippen LogP contribution in [-0.2, 0) is 0 Å². The predicted octanol–water partition coefficient (Wildman–Crippen LogP) is 2.01. The molecule has 0 atom stereocenters. The summed E-state index contributed by atoms with van der Waals surface area (Å²) in [6.07, 6.45) is 1.43. The quantitative estimate of drug-likeness (QED) is 0.730. The molecule has 0 spiro atoms. The molecule has 1 rings (SSSR count). The van der Waals surface area contributed by atoms with Crippen molar-refractivity contribution >= 4 is 21.6 Å². The highest BCUT2D eigenvalue weighted by Crippen LogP contribution is 2.17. The first kappa shape index (κ1) is 7.95. The van der Waals surface area contributed by atoms with Crippen LogP contribution in [0.5, 0.6) is 0 Å². The van der Waals surface area contributed by atoms with Gasteiger partial charge < -0.3 is 0 Å². The van der Waals surface area contributed by atoms with E-state index in [1.807, 2.05) is 0 Å². The summed E-state index contributed by atoms with van der Waals surface area (Å²) in [6, 6.07) is 3.18. The number of rotatable bonds is 1. The largest absolute Gasteiger partial charge is 0.242 e. The Hall–Kier alpha value is -1.15. The Kier molecular flexibility index (Phi) is 2.39. The Bertz CT molecular complexity index is 307. The summed E-state index contributed by atoms with van der Waals surface area (Å²) < 4.78 is 12.5. The SMILES string of the molecule is N#Cc1ncc(Br)cc1NF. The van der Waals surface area contributed by atoms with Gasteiger partial charge in [-0.25, -0.2) is 10.5 Å². The predicted molar refractivity (Wildman–Crippen MR) is 41.4 cm³/mol. The second-order valence-electron chi connectivity index (χ2n) is 1.76. The molecular formula is C6H3BrFN3. The lowest BCUT2D eigenvalue weighted by Gasteiger charge is -1.97. The van der Waals surface area contributed by atoms with Crippen LogP contribution in [0.2, 0.25) is 0 Å². The number of anilines is 1. The number of halogens is 2. The smallest absolute Gasteiger partial charge is 0.166 e. The Morgan fingerprint density at radius 2 is 2.45 bits per heavy atom. The molecule has 0 aliphatic heterocycles. The zero-order valence-electron chi connectivity index (χ0n) is 5.31. The van der Waals surface area contributed by atoms with Gasteiger partial charge in [0.1, 0.15) is 11.8 Å². The molecule has 5 heteroatoms. The maximum atomic E-state index is 11.9. The van der Waals surface area contributed by atoms with E-state index >= 15 is 0 Å². The van der Waals surface area contributed by atoms with Crippen molar-refractivity contribution in [2.75, 3.05) is 5.54 Å². The van der Waals surface area contributed by atoms with Crippen molar-refractivity contribution in [3.8, 4) is 6.07 Å². The normalized spacial score (nSPS) is 8.82. The van der Waals surface area contributed by atoms with Crippen LogP contribution in [0.15, 0.2) is 16.7 Å². The van der Waals surface area contributed by atoms with Crippen molar-refractivity contribution in [3.63, 3.8) is 0 Å². The number of hydrogen-bond donors (Lipinski definition) is 1. The van der Waals surface area contributed by atoms with Gasteiger partial charge in [-0.1, -0.05) is 0 Å². The zero-order chi connectivity index (χ0) is 8.27. The molecule has 0 fully saturated rings. The molecule has 0 radical (unpaired) electrons. The van der Waals surface area contributed by atoms with Gasteiger partial charge in [-0.2, -0.15) is 5.26 Å². The Morgan fingerprint density at radius 3 is 3.00 bits per heavy atom. The van der Waals surface area contributed by atoms with E-state index in [0.29, 0.717) is 4.47 Å². The highest BCUT2D eigenvalue weighted by Gasteiger charge is 2.02. The third kappa shape index (κ3) is 1.65. The van der Waals surface area contributed by atoms with E-state index in [0.717, 1.165) is 0 Å². The van der Waals surface area contributed by atoms with E-state index in [4.69, 9.17) is 5.26 Å². The Morgan fingerprint density at radius 1 is 1.73 bits per heavy atom. The topological polar surface area (TPSA) is 48.7 Å². The highest BCUT2D eigenvalue weighted by molar-refractivity contribution is 9.10. The molecule has 0 bridgehead atoms. The summed E-state index contributed by atoms with van der Waals surface area (Å²) in [6.45, 7) is 0. The third-order valence-corrected chi connectivity index (χ3v) is 1.50. The van der Waals surface area contributed by atoms with E-state index in [1.54, 1.807) is 6.07 Å². The number of nitriles is 1. The molecule has 0 unspecified atom stereocenters. The van der Waals surface area contributed by atoms with Crippen LogP contribution in [0.1, 0.15) is 5.69 Å². The fourth-order valence-corrected chi connectivity index (χ4v) is 0.932. The van der Waals surface area contributed by atoms with Crippen LogP contribution in [-0.4, -0.2) is 4.98 Å². The van der Waals surface area contributed by atoms with Gasteiger partial charge in [0, 0.05) is 10.7 Å². The first-order valence-corrected chi connectivity index (χ1v) is 3.49. The molecule has 0 aromatic carbocycles. The molecule has 1 N–H and O–H groups in total. The molecule has 0 aliphatic rings. The van der Waals surface area contributed by atoms with Crippen LogP contribution < -0.4 is 5.54 Å². The first-order chi connectivity index (χ1) is 5.27. The minimum absolute atomic E-state index is 0.0377. The second kappa shape index (κ2) is 3.30. The number of aromatic nitrogens is 1. The minimum atomic E-state index is 0.0377. The molecule has 11 heavy (non-hydrogen) atoms. The maximum Gasteiger partial charge on any atom is 0.166 e. The molecule has 1 aromatic heterocycles. The molecule has 1 aromatic rings. The standard InChI is InChI=1S/C6H3BrFN3/c7-4-1-5(11-8)6(2-9)10-3-4/h1,3,11H. The zero-order valence-corrected chi connectivity index (χ0v) is 6.89. The monoisotopic (exact) mass is 215 g/mol. The molecule has 3 nitrogen and oxygen atoms in total. The van der Waals surface area contributed by atoms with Gasteiger partial charge in [0.25, 0.3) is 0 Å². The van der Waals surface area contributed by atoms with Crippen molar-refractivity contribution in [2.24, 2.45) is 0 Å². The second-order valence-corrected chi connectivity index (χ2v) is 2.67. The number of nitrogens with one attached hydrogen (secondary N) is 1. The van der Waals surface area contributed by atoms with Gasteiger partial charge in [0.05, 0.1) is 0 Å². The lowest BCUT2D eigenvalue weighted by Crippen LogP contribution is -1.90. The first-order valence-electron chi connectivity index (χ1n) is 2.70. The van der Waals surface area contributed by atoms with Crippen molar-refractivity contribution in [1.82, 2.24) is 4.98 Å². The summed E-state index contributed by atoms with van der Waals surface area (Å²) in [5.74, 6) is 0. The third-order valence-electron chi connectivity index (χ3n) is 1.06. The van der Waals surface area contributed by atoms with Crippen molar-refractivity contribution in [3.05, 3.63) is 22.4 Å². The van der Waals surface area contributed by atoms with Crippen LogP contribution in [0.3, 0.4) is 0 Å². The van der Waals surface area contributed by atoms with Crippen molar-refractivity contribution in [2.45, 2.75) is 0 Å². The Balaban J connectivity index is 3.19. The van der Waals surface area contributed by atoms with E-state index < -0.39 is 0 Å². The van der Waals surface area contributed by atoms with Crippen LogP contribution in [0.25, 0.3) is 0 Å². The summed E-state index contributed by atoms with van der Waals surface area (Å²) in [4.78, 5) is 3.66. The molecule has 0 saturated carbocycles. The van der Waals surface area contributed by atoms with E-state index in [-0.39, 0.29) is 11.4 Å². The molecule has 1 heterocycles. The summed E-state index contributed by atoms with van der Waals surface area (Å²) >= 11 is 3.09. The van der Waals surface area contributed by atoms with E-state index in [9.17, 15) is 4.48 Å². The number of pyridine rings is 1. The van der Waals surface area contributed by atoms with Crippen molar-refractivity contribution < 1.29 is 4.48 Å². The van der Waals surface area contributed by atoms with Gasteiger partial charge >= 0.3 is 0 Å².